The number of rotatable bonds is 9. The van der Waals surface area contributed by atoms with E-state index in [1.807, 2.05) is 23.7 Å². The van der Waals surface area contributed by atoms with E-state index in [9.17, 15) is 0 Å². The average Bonchev–Trinajstić information content (AvgIpc) is 2.99. The maximum absolute atomic E-state index is 5.92. The van der Waals surface area contributed by atoms with Gasteiger partial charge in [0, 0.05) is 30.6 Å². The summed E-state index contributed by atoms with van der Waals surface area (Å²) in [6, 6.07) is 8.21. The zero-order valence-electron chi connectivity index (χ0n) is 12.7. The van der Waals surface area contributed by atoms with Crippen molar-refractivity contribution in [2.24, 2.45) is 0 Å². The van der Waals surface area contributed by atoms with Crippen LogP contribution < -0.4 is 10.1 Å². The third-order valence-corrected chi connectivity index (χ3v) is 3.82. The Hall–Kier alpha value is -1.43. The molecule has 1 heterocycles. The van der Waals surface area contributed by atoms with Gasteiger partial charge in [-0.3, -0.25) is 4.90 Å². The Morgan fingerprint density at radius 1 is 1.33 bits per heavy atom. The van der Waals surface area contributed by atoms with Gasteiger partial charge in [0.2, 0.25) is 0 Å². The van der Waals surface area contributed by atoms with Crippen LogP contribution in [-0.4, -0.2) is 36.6 Å². The molecule has 0 aliphatic carbocycles. The minimum Gasteiger partial charge on any atom is -0.492 e. The number of nitrogens with zero attached hydrogens (tertiary/aromatic N) is 2. The van der Waals surface area contributed by atoms with E-state index in [-0.39, 0.29) is 0 Å². The van der Waals surface area contributed by atoms with Gasteiger partial charge in [-0.15, -0.1) is 11.3 Å². The summed E-state index contributed by atoms with van der Waals surface area (Å²) in [4.78, 5) is 6.52. The molecule has 0 amide bonds. The molecule has 0 bridgehead atoms. The molecule has 5 heteroatoms. The number of thiazole rings is 1. The van der Waals surface area contributed by atoms with Gasteiger partial charge in [-0.05, 0) is 19.7 Å². The molecule has 0 unspecified atom stereocenters. The van der Waals surface area contributed by atoms with Gasteiger partial charge >= 0.3 is 0 Å². The maximum Gasteiger partial charge on any atom is 0.123 e. The van der Waals surface area contributed by atoms with Crippen LogP contribution in [0.2, 0.25) is 0 Å². The highest BCUT2D eigenvalue weighted by Gasteiger charge is 2.05. The summed E-state index contributed by atoms with van der Waals surface area (Å²) in [5.41, 5.74) is 4.20. The van der Waals surface area contributed by atoms with E-state index in [0.717, 1.165) is 37.6 Å². The highest BCUT2D eigenvalue weighted by atomic mass is 32.1. The molecule has 0 spiro atoms. The number of likely N-dealkylation sites (N-methyl/N-ethyl adjacent to an activating group) is 1. The fourth-order valence-corrected chi connectivity index (χ4v) is 2.58. The summed E-state index contributed by atoms with van der Waals surface area (Å²) in [6.45, 7) is 6.35. The maximum atomic E-state index is 5.92. The first-order valence-corrected chi connectivity index (χ1v) is 8.21. The number of hydrogen-bond acceptors (Lipinski definition) is 5. The minimum atomic E-state index is 0.684. The van der Waals surface area contributed by atoms with Gasteiger partial charge in [0.25, 0.3) is 0 Å². The van der Waals surface area contributed by atoms with Gasteiger partial charge in [-0.1, -0.05) is 25.1 Å². The molecule has 0 aliphatic rings. The number of hydrogen-bond donors (Lipinski definition) is 1. The summed E-state index contributed by atoms with van der Waals surface area (Å²) in [5, 5.41) is 5.42. The second kappa shape index (κ2) is 8.77. The summed E-state index contributed by atoms with van der Waals surface area (Å²) < 4.78 is 5.92. The summed E-state index contributed by atoms with van der Waals surface area (Å²) in [5.74, 6) is 0.973. The van der Waals surface area contributed by atoms with Crippen LogP contribution in [0.5, 0.6) is 5.75 Å². The SMILES string of the molecule is CCNCc1ccccc1OCCN(C)Cc1cscn1. The molecular formula is C16H23N3OS. The first-order valence-electron chi connectivity index (χ1n) is 7.26. The topological polar surface area (TPSA) is 37.4 Å². The van der Waals surface area contributed by atoms with E-state index in [0.29, 0.717) is 6.61 Å². The second-order valence-electron chi connectivity index (χ2n) is 4.95. The quantitative estimate of drug-likeness (QED) is 0.773. The Morgan fingerprint density at radius 3 is 2.95 bits per heavy atom. The van der Waals surface area contributed by atoms with E-state index < -0.39 is 0 Å². The van der Waals surface area contributed by atoms with Crippen LogP contribution in [0, 0.1) is 0 Å². The summed E-state index contributed by atoms with van der Waals surface area (Å²) >= 11 is 1.64. The van der Waals surface area contributed by atoms with Crippen molar-refractivity contribution >= 4 is 11.3 Å². The molecule has 1 aromatic carbocycles. The van der Waals surface area contributed by atoms with Crippen LogP contribution in [0.1, 0.15) is 18.2 Å². The zero-order chi connectivity index (χ0) is 14.9. The fraction of sp³-hybridized carbons (Fsp3) is 0.438. The molecule has 21 heavy (non-hydrogen) atoms. The van der Waals surface area contributed by atoms with E-state index in [4.69, 9.17) is 4.74 Å². The molecule has 0 radical (unpaired) electrons. The average molecular weight is 305 g/mol. The molecule has 0 fully saturated rings. The van der Waals surface area contributed by atoms with Crippen LogP contribution in [-0.2, 0) is 13.1 Å². The first-order chi connectivity index (χ1) is 10.3. The smallest absolute Gasteiger partial charge is 0.123 e. The normalized spacial score (nSPS) is 11.0. The molecule has 0 saturated carbocycles. The first kappa shape index (κ1) is 15.9. The van der Waals surface area contributed by atoms with Crippen molar-refractivity contribution in [3.8, 4) is 5.75 Å². The van der Waals surface area contributed by atoms with Crippen molar-refractivity contribution in [1.29, 1.82) is 0 Å². The van der Waals surface area contributed by atoms with E-state index in [1.165, 1.54) is 5.56 Å². The zero-order valence-corrected chi connectivity index (χ0v) is 13.5. The Morgan fingerprint density at radius 2 is 2.19 bits per heavy atom. The van der Waals surface area contributed by atoms with Crippen LogP contribution in [0.4, 0.5) is 0 Å². The third kappa shape index (κ3) is 5.46. The van der Waals surface area contributed by atoms with Crippen molar-refractivity contribution < 1.29 is 4.74 Å². The van der Waals surface area contributed by atoms with Crippen molar-refractivity contribution in [1.82, 2.24) is 15.2 Å². The highest BCUT2D eigenvalue weighted by molar-refractivity contribution is 7.07. The van der Waals surface area contributed by atoms with Crippen molar-refractivity contribution in [3.05, 3.63) is 46.4 Å². The monoisotopic (exact) mass is 305 g/mol. The van der Waals surface area contributed by atoms with Gasteiger partial charge in [-0.25, -0.2) is 4.98 Å². The van der Waals surface area contributed by atoms with Crippen LogP contribution in [0.3, 0.4) is 0 Å². The number of aromatic nitrogens is 1. The van der Waals surface area contributed by atoms with Crippen LogP contribution >= 0.6 is 11.3 Å². The Kier molecular flexibility index (Phi) is 6.66. The van der Waals surface area contributed by atoms with Crippen molar-refractivity contribution in [3.63, 3.8) is 0 Å². The Bertz CT molecular complexity index is 516. The predicted octanol–water partition coefficient (Wildman–Crippen LogP) is 2.76. The second-order valence-corrected chi connectivity index (χ2v) is 5.67. The van der Waals surface area contributed by atoms with E-state index in [2.05, 4.69) is 40.6 Å². The standard InChI is InChI=1S/C16H23N3OS/c1-3-17-10-14-6-4-5-7-16(14)20-9-8-19(2)11-15-12-21-13-18-15/h4-7,12-13,17H,3,8-11H2,1-2H3. The minimum absolute atomic E-state index is 0.684. The lowest BCUT2D eigenvalue weighted by Gasteiger charge is -2.17. The van der Waals surface area contributed by atoms with E-state index >= 15 is 0 Å². The van der Waals surface area contributed by atoms with Gasteiger partial charge in [-0.2, -0.15) is 0 Å². The fourth-order valence-electron chi connectivity index (χ4n) is 2.03. The van der Waals surface area contributed by atoms with Crippen molar-refractivity contribution in [2.75, 3.05) is 26.7 Å². The lowest BCUT2D eigenvalue weighted by Crippen LogP contribution is -2.24. The molecule has 114 valence electrons. The van der Waals surface area contributed by atoms with Crippen LogP contribution in [0.15, 0.2) is 35.2 Å². The highest BCUT2D eigenvalue weighted by Crippen LogP contribution is 2.17. The van der Waals surface area contributed by atoms with Crippen molar-refractivity contribution in [2.45, 2.75) is 20.0 Å². The van der Waals surface area contributed by atoms with Gasteiger partial charge in [0.05, 0.1) is 11.2 Å². The molecular weight excluding hydrogens is 282 g/mol. The molecule has 1 aromatic heterocycles. The molecule has 0 saturated heterocycles. The predicted molar refractivity (Wildman–Crippen MR) is 87.8 cm³/mol. The Labute approximate surface area is 130 Å². The summed E-state index contributed by atoms with van der Waals surface area (Å²) in [7, 11) is 2.09. The largest absolute Gasteiger partial charge is 0.492 e. The van der Waals surface area contributed by atoms with Crippen LogP contribution in [0.25, 0.3) is 0 Å². The number of ether oxygens (including phenoxy) is 1. The Balaban J connectivity index is 1.77. The molecule has 4 nitrogen and oxygen atoms in total. The summed E-state index contributed by atoms with van der Waals surface area (Å²) in [6.07, 6.45) is 0. The van der Waals surface area contributed by atoms with E-state index in [1.54, 1.807) is 11.3 Å². The molecule has 0 aliphatic heterocycles. The van der Waals surface area contributed by atoms with Gasteiger partial charge in [0.15, 0.2) is 0 Å². The molecule has 2 rings (SSSR count). The number of benzene rings is 1. The molecule has 2 aromatic rings. The van der Waals surface area contributed by atoms with Gasteiger partial charge < -0.3 is 10.1 Å². The molecule has 0 atom stereocenters. The lowest BCUT2D eigenvalue weighted by molar-refractivity contribution is 0.230. The van der Waals surface area contributed by atoms with Gasteiger partial charge in [0.1, 0.15) is 12.4 Å². The molecule has 1 N–H and O–H groups in total. The lowest BCUT2D eigenvalue weighted by atomic mass is 10.2. The third-order valence-electron chi connectivity index (χ3n) is 3.18. The number of nitrogens with one attached hydrogen (secondary N) is 1. The number of para-hydroxylation sites is 1.